The van der Waals surface area contributed by atoms with Gasteiger partial charge in [0.1, 0.15) is 0 Å². The van der Waals surface area contributed by atoms with E-state index in [1.54, 1.807) is 0 Å². The molecule has 0 radical (unpaired) electrons. The molecule has 1 N–H and O–H groups in total. The molecule has 13 heavy (non-hydrogen) atoms. The minimum atomic E-state index is 0.869. The van der Waals surface area contributed by atoms with E-state index in [0.717, 1.165) is 12.1 Å². The Bertz CT molecular complexity index is 150. The summed E-state index contributed by atoms with van der Waals surface area (Å²) in [5, 5.41) is 3.27. The first-order chi connectivity index (χ1) is 6.42. The molecular formula is C11H22N2. The molecule has 1 saturated heterocycles. The van der Waals surface area contributed by atoms with E-state index >= 15 is 0 Å². The topological polar surface area (TPSA) is 15.0 Å². The Hall–Kier alpha value is -0.0800. The van der Waals surface area contributed by atoms with Crippen molar-refractivity contribution in [2.45, 2.75) is 50.6 Å². The van der Waals surface area contributed by atoms with E-state index < -0.39 is 0 Å². The van der Waals surface area contributed by atoms with Crippen molar-refractivity contribution in [3.05, 3.63) is 0 Å². The first-order valence-electron chi connectivity index (χ1n) is 5.82. The second-order valence-corrected chi connectivity index (χ2v) is 4.55. The summed E-state index contributed by atoms with van der Waals surface area (Å²) in [6.45, 7) is 2.54. The Balaban J connectivity index is 1.74. The lowest BCUT2D eigenvalue weighted by atomic mass is 10.1. The summed E-state index contributed by atoms with van der Waals surface area (Å²) in [5.41, 5.74) is 0. The summed E-state index contributed by atoms with van der Waals surface area (Å²) in [6.07, 6.45) is 8.80. The van der Waals surface area contributed by atoms with Gasteiger partial charge in [-0.3, -0.25) is 4.90 Å². The third-order valence-electron chi connectivity index (χ3n) is 3.49. The molecule has 1 saturated carbocycles. The summed E-state index contributed by atoms with van der Waals surface area (Å²) in [7, 11) is 2.06. The molecule has 1 heterocycles. The average Bonchev–Trinajstić information content (AvgIpc) is 2.86. The highest BCUT2D eigenvalue weighted by Gasteiger charge is 2.38. The van der Waals surface area contributed by atoms with Gasteiger partial charge in [-0.05, 0) is 19.9 Å². The largest absolute Gasteiger partial charge is 0.318 e. The molecule has 2 heteroatoms. The molecule has 0 aromatic heterocycles. The predicted octanol–water partition coefficient (Wildman–Crippen LogP) is 1.61. The van der Waals surface area contributed by atoms with E-state index in [9.17, 15) is 0 Å². The Morgan fingerprint density at radius 3 is 2.46 bits per heavy atom. The number of hydrogen-bond donors (Lipinski definition) is 1. The zero-order chi connectivity index (χ0) is 9.10. The highest BCUT2D eigenvalue weighted by molar-refractivity contribution is 4.95. The summed E-state index contributed by atoms with van der Waals surface area (Å²) in [5.74, 6) is 0. The van der Waals surface area contributed by atoms with Gasteiger partial charge in [0.25, 0.3) is 0 Å². The minimum Gasteiger partial charge on any atom is -0.318 e. The third kappa shape index (κ3) is 2.44. The SMILES string of the molecule is CNCC1CN1C1CCCCCC1. The molecule has 0 aromatic rings. The molecule has 1 aliphatic carbocycles. The van der Waals surface area contributed by atoms with E-state index in [-0.39, 0.29) is 0 Å². The number of hydrogen-bond acceptors (Lipinski definition) is 2. The van der Waals surface area contributed by atoms with Crippen LogP contribution in [0.5, 0.6) is 0 Å². The Kier molecular flexibility index (Phi) is 3.23. The molecule has 0 aromatic carbocycles. The van der Waals surface area contributed by atoms with Gasteiger partial charge in [-0.25, -0.2) is 0 Å². The Morgan fingerprint density at radius 1 is 1.15 bits per heavy atom. The smallest absolute Gasteiger partial charge is 0.0351 e. The van der Waals surface area contributed by atoms with Crippen molar-refractivity contribution >= 4 is 0 Å². The van der Waals surface area contributed by atoms with Crippen LogP contribution < -0.4 is 5.32 Å². The van der Waals surface area contributed by atoms with Crippen LogP contribution in [0.2, 0.25) is 0 Å². The van der Waals surface area contributed by atoms with Gasteiger partial charge >= 0.3 is 0 Å². The van der Waals surface area contributed by atoms with Crippen LogP contribution >= 0.6 is 0 Å². The minimum absolute atomic E-state index is 0.869. The second-order valence-electron chi connectivity index (χ2n) is 4.55. The standard InChI is InChI=1S/C11H22N2/c1-12-8-11-9-13(11)10-6-4-2-3-5-7-10/h10-12H,2-9H2,1H3. The summed E-state index contributed by atoms with van der Waals surface area (Å²) >= 11 is 0. The molecule has 0 amide bonds. The maximum Gasteiger partial charge on any atom is 0.0351 e. The van der Waals surface area contributed by atoms with Crippen LogP contribution in [0.25, 0.3) is 0 Å². The second kappa shape index (κ2) is 4.43. The molecule has 2 aliphatic rings. The first-order valence-corrected chi connectivity index (χ1v) is 5.82. The fourth-order valence-electron chi connectivity index (χ4n) is 2.65. The predicted molar refractivity (Wildman–Crippen MR) is 55.9 cm³/mol. The van der Waals surface area contributed by atoms with Crippen molar-refractivity contribution in [1.82, 2.24) is 10.2 Å². The molecule has 2 atom stereocenters. The summed E-state index contributed by atoms with van der Waals surface area (Å²) in [4.78, 5) is 2.70. The zero-order valence-electron chi connectivity index (χ0n) is 8.76. The van der Waals surface area contributed by atoms with Gasteiger partial charge in [0, 0.05) is 25.2 Å². The molecule has 2 rings (SSSR count). The summed E-state index contributed by atoms with van der Waals surface area (Å²) < 4.78 is 0. The number of nitrogens with zero attached hydrogens (tertiary/aromatic N) is 1. The van der Waals surface area contributed by atoms with Gasteiger partial charge in [-0.2, -0.15) is 0 Å². The first kappa shape index (κ1) is 9.47. The molecule has 76 valence electrons. The van der Waals surface area contributed by atoms with Gasteiger partial charge in [-0.1, -0.05) is 25.7 Å². The van der Waals surface area contributed by atoms with Gasteiger partial charge < -0.3 is 5.32 Å². The lowest BCUT2D eigenvalue weighted by Crippen LogP contribution is -2.24. The quantitative estimate of drug-likeness (QED) is 0.527. The van der Waals surface area contributed by atoms with E-state index in [2.05, 4.69) is 17.3 Å². The van der Waals surface area contributed by atoms with Gasteiger partial charge in [0.2, 0.25) is 0 Å². The van der Waals surface area contributed by atoms with Crippen LogP contribution in [-0.2, 0) is 0 Å². The number of likely N-dealkylation sites (N-methyl/N-ethyl adjacent to an activating group) is 1. The van der Waals surface area contributed by atoms with Crippen molar-refractivity contribution in [2.75, 3.05) is 20.1 Å². The van der Waals surface area contributed by atoms with Crippen LogP contribution in [0.4, 0.5) is 0 Å². The van der Waals surface area contributed by atoms with Crippen molar-refractivity contribution in [3.63, 3.8) is 0 Å². The van der Waals surface area contributed by atoms with Crippen molar-refractivity contribution in [3.8, 4) is 0 Å². The molecular weight excluding hydrogens is 160 g/mol. The van der Waals surface area contributed by atoms with Crippen LogP contribution in [-0.4, -0.2) is 37.1 Å². The van der Waals surface area contributed by atoms with E-state index in [1.165, 1.54) is 51.6 Å². The molecule has 0 bridgehead atoms. The highest BCUT2D eigenvalue weighted by atomic mass is 15.3. The monoisotopic (exact) mass is 182 g/mol. The molecule has 2 unspecified atom stereocenters. The van der Waals surface area contributed by atoms with Crippen LogP contribution in [0, 0.1) is 0 Å². The fourth-order valence-corrected chi connectivity index (χ4v) is 2.65. The van der Waals surface area contributed by atoms with Crippen LogP contribution in [0.3, 0.4) is 0 Å². The van der Waals surface area contributed by atoms with E-state index in [0.29, 0.717) is 0 Å². The van der Waals surface area contributed by atoms with E-state index in [1.807, 2.05) is 0 Å². The Labute approximate surface area is 81.7 Å². The lowest BCUT2D eigenvalue weighted by Gasteiger charge is -2.16. The Morgan fingerprint density at radius 2 is 1.85 bits per heavy atom. The lowest BCUT2D eigenvalue weighted by molar-refractivity contribution is 0.332. The molecule has 2 nitrogen and oxygen atoms in total. The molecule has 0 spiro atoms. The molecule has 2 fully saturated rings. The number of nitrogens with one attached hydrogen (secondary N) is 1. The van der Waals surface area contributed by atoms with Gasteiger partial charge in [0.05, 0.1) is 0 Å². The highest BCUT2D eigenvalue weighted by Crippen LogP contribution is 2.29. The summed E-state index contributed by atoms with van der Waals surface area (Å²) in [6, 6.07) is 1.80. The maximum atomic E-state index is 3.27. The van der Waals surface area contributed by atoms with Crippen molar-refractivity contribution in [2.24, 2.45) is 0 Å². The van der Waals surface area contributed by atoms with Crippen molar-refractivity contribution < 1.29 is 0 Å². The van der Waals surface area contributed by atoms with Crippen LogP contribution in [0.1, 0.15) is 38.5 Å². The normalized spacial score (nSPS) is 35.8. The van der Waals surface area contributed by atoms with Crippen molar-refractivity contribution in [1.29, 1.82) is 0 Å². The van der Waals surface area contributed by atoms with E-state index in [4.69, 9.17) is 0 Å². The molecule has 1 aliphatic heterocycles. The number of rotatable bonds is 3. The maximum absolute atomic E-state index is 3.27. The average molecular weight is 182 g/mol. The van der Waals surface area contributed by atoms with Gasteiger partial charge in [-0.15, -0.1) is 0 Å². The third-order valence-corrected chi connectivity index (χ3v) is 3.49. The zero-order valence-corrected chi connectivity index (χ0v) is 8.76. The fraction of sp³-hybridized carbons (Fsp3) is 1.00. The van der Waals surface area contributed by atoms with Gasteiger partial charge in [0.15, 0.2) is 0 Å². The van der Waals surface area contributed by atoms with Crippen LogP contribution in [0.15, 0.2) is 0 Å².